The van der Waals surface area contributed by atoms with E-state index in [-0.39, 0.29) is 22.4 Å². The molecular formula is C32H52N2O. The van der Waals surface area contributed by atoms with E-state index in [4.69, 9.17) is 0 Å². The van der Waals surface area contributed by atoms with Gasteiger partial charge in [-0.1, -0.05) is 90.1 Å². The zero-order valence-electron chi connectivity index (χ0n) is 24.7. The molecule has 0 aromatic heterocycles. The van der Waals surface area contributed by atoms with E-state index in [0.717, 1.165) is 25.9 Å². The molecule has 4 rings (SSSR count). The third-order valence-electron chi connectivity index (χ3n) is 8.39. The van der Waals surface area contributed by atoms with Crippen LogP contribution in [0.4, 0.5) is 0 Å². The number of likely N-dealkylation sites (N-methyl/N-ethyl adjacent to an activating group) is 1. The second-order valence-electron chi connectivity index (χ2n) is 9.86. The minimum absolute atomic E-state index is 0.118. The van der Waals surface area contributed by atoms with Crippen molar-refractivity contribution in [2.75, 3.05) is 20.1 Å². The maximum absolute atomic E-state index is 12.1. The van der Waals surface area contributed by atoms with Gasteiger partial charge in [0.1, 0.15) is 0 Å². The van der Waals surface area contributed by atoms with Gasteiger partial charge in [-0.3, -0.25) is 9.69 Å². The normalized spacial score (nSPS) is 15.8. The molecule has 1 saturated heterocycles. The highest BCUT2D eigenvalue weighted by molar-refractivity contribution is 5.81. The number of piperidine rings is 1. The van der Waals surface area contributed by atoms with Crippen LogP contribution < -0.4 is 0 Å². The fourth-order valence-corrected chi connectivity index (χ4v) is 5.59. The highest BCUT2D eigenvalue weighted by Gasteiger charge is 2.50. The number of amides is 1. The third kappa shape index (κ3) is 5.35. The van der Waals surface area contributed by atoms with Crippen LogP contribution in [0.25, 0.3) is 11.1 Å². The van der Waals surface area contributed by atoms with Gasteiger partial charge in [0.05, 0.1) is 5.54 Å². The van der Waals surface area contributed by atoms with Crippen molar-refractivity contribution in [2.45, 2.75) is 105 Å². The Morgan fingerprint density at radius 2 is 1.14 bits per heavy atom. The SMILES string of the molecule is CC.CC.CC.CC(=O)N(C)C(C)(C)C(C)(C)N1CCC2(CC1)c1ccccc1-c1ccccc12. The molecule has 0 bridgehead atoms. The number of rotatable bonds is 3. The summed E-state index contributed by atoms with van der Waals surface area (Å²) in [7, 11) is 1.93. The molecule has 1 amide bonds. The number of benzene rings is 2. The van der Waals surface area contributed by atoms with Gasteiger partial charge in [-0.2, -0.15) is 0 Å². The molecule has 0 radical (unpaired) electrons. The number of hydrogen-bond donors (Lipinski definition) is 0. The Hall–Kier alpha value is -2.13. The lowest BCUT2D eigenvalue weighted by molar-refractivity contribution is -0.138. The average molecular weight is 481 g/mol. The predicted octanol–water partition coefficient (Wildman–Crippen LogP) is 8.16. The molecule has 0 atom stereocenters. The molecule has 2 aliphatic rings. The number of likely N-dealkylation sites (tertiary alicyclic amines) is 1. The molecule has 3 nitrogen and oxygen atoms in total. The maximum atomic E-state index is 12.1. The van der Waals surface area contributed by atoms with Crippen LogP contribution in [0.2, 0.25) is 0 Å². The van der Waals surface area contributed by atoms with Crippen molar-refractivity contribution in [2.24, 2.45) is 0 Å². The van der Waals surface area contributed by atoms with Gasteiger partial charge in [0.15, 0.2) is 0 Å². The molecule has 3 heteroatoms. The van der Waals surface area contributed by atoms with E-state index in [0.29, 0.717) is 0 Å². The zero-order valence-corrected chi connectivity index (χ0v) is 24.7. The van der Waals surface area contributed by atoms with Crippen LogP contribution in [0.15, 0.2) is 48.5 Å². The quantitative estimate of drug-likeness (QED) is 0.442. The van der Waals surface area contributed by atoms with Crippen LogP contribution in [0.3, 0.4) is 0 Å². The van der Waals surface area contributed by atoms with Gasteiger partial charge in [-0.05, 0) is 75.9 Å². The molecule has 0 unspecified atom stereocenters. The molecule has 0 N–H and O–H groups in total. The number of fused-ring (bicyclic) bond motifs is 5. The Balaban J connectivity index is 0.000000949. The topological polar surface area (TPSA) is 23.6 Å². The first kappa shape index (κ1) is 30.9. The number of nitrogens with zero attached hydrogens (tertiary/aromatic N) is 2. The number of carbonyl (C=O) groups excluding carboxylic acids is 1. The van der Waals surface area contributed by atoms with Gasteiger partial charge in [0.25, 0.3) is 0 Å². The van der Waals surface area contributed by atoms with Gasteiger partial charge >= 0.3 is 0 Å². The third-order valence-corrected chi connectivity index (χ3v) is 8.39. The minimum atomic E-state index is -0.255. The second-order valence-corrected chi connectivity index (χ2v) is 9.86. The van der Waals surface area contributed by atoms with Crippen LogP contribution in [-0.2, 0) is 10.2 Å². The van der Waals surface area contributed by atoms with E-state index in [2.05, 4.69) is 81.1 Å². The van der Waals surface area contributed by atoms with Crippen LogP contribution >= 0.6 is 0 Å². The smallest absolute Gasteiger partial charge is 0.219 e. The van der Waals surface area contributed by atoms with Crippen LogP contribution in [0.5, 0.6) is 0 Å². The van der Waals surface area contributed by atoms with Crippen molar-refractivity contribution in [1.82, 2.24) is 9.80 Å². The molecule has 1 spiro atoms. The first-order valence-electron chi connectivity index (χ1n) is 13.8. The molecule has 2 aromatic rings. The standard InChI is InChI=1S/C26H34N2O.3C2H6/c1-19(29)27(6)24(2,3)25(4,5)28-17-15-26(16-18-28)22-13-9-7-11-20(22)21-12-8-10-14-23(21)26;3*1-2/h7-14H,15-18H2,1-6H3;3*1-2H3. The Kier molecular flexibility index (Phi) is 11.2. The van der Waals surface area contributed by atoms with Crippen LogP contribution in [0, 0.1) is 0 Å². The maximum Gasteiger partial charge on any atom is 0.219 e. The summed E-state index contributed by atoms with van der Waals surface area (Å²) in [6.07, 6.45) is 2.23. The van der Waals surface area contributed by atoms with Gasteiger partial charge in [-0.25, -0.2) is 0 Å². The Morgan fingerprint density at radius 3 is 1.51 bits per heavy atom. The fourth-order valence-electron chi connectivity index (χ4n) is 5.59. The summed E-state index contributed by atoms with van der Waals surface area (Å²) in [6, 6.07) is 17.9. The fraction of sp³-hybridized carbons (Fsp3) is 0.594. The van der Waals surface area contributed by atoms with Gasteiger partial charge < -0.3 is 4.90 Å². The molecule has 1 fully saturated rings. The molecule has 1 heterocycles. The lowest BCUT2D eigenvalue weighted by atomic mass is 9.69. The Bertz CT molecular complexity index is 889. The zero-order chi connectivity index (χ0) is 27.0. The van der Waals surface area contributed by atoms with Crippen LogP contribution in [-0.4, -0.2) is 46.9 Å². The van der Waals surface area contributed by atoms with Crippen molar-refractivity contribution >= 4 is 5.91 Å². The number of carbonyl (C=O) groups is 1. The highest BCUT2D eigenvalue weighted by atomic mass is 16.2. The van der Waals surface area contributed by atoms with E-state index in [1.165, 1.54) is 22.3 Å². The summed E-state index contributed by atoms with van der Waals surface area (Å²) in [4.78, 5) is 16.6. The average Bonchev–Trinajstić information content (AvgIpc) is 3.17. The van der Waals surface area contributed by atoms with E-state index < -0.39 is 0 Å². The van der Waals surface area contributed by atoms with Crippen molar-refractivity contribution in [3.8, 4) is 11.1 Å². The Morgan fingerprint density at radius 1 is 0.771 bits per heavy atom. The predicted molar refractivity (Wildman–Crippen MR) is 154 cm³/mol. The molecule has 0 saturated carbocycles. The summed E-state index contributed by atoms with van der Waals surface area (Å²) in [5, 5.41) is 0. The number of hydrogen-bond acceptors (Lipinski definition) is 2. The van der Waals surface area contributed by atoms with E-state index in [1.807, 2.05) is 53.5 Å². The Labute approximate surface area is 216 Å². The largest absolute Gasteiger partial charge is 0.339 e. The lowest BCUT2D eigenvalue weighted by Crippen LogP contribution is -2.67. The summed E-state index contributed by atoms with van der Waals surface area (Å²) in [6.45, 7) is 24.7. The first-order valence-corrected chi connectivity index (χ1v) is 13.8. The van der Waals surface area contributed by atoms with Gasteiger partial charge in [-0.15, -0.1) is 0 Å². The molecule has 196 valence electrons. The van der Waals surface area contributed by atoms with Crippen molar-refractivity contribution < 1.29 is 4.79 Å². The molecule has 1 aliphatic carbocycles. The van der Waals surface area contributed by atoms with Gasteiger partial charge in [0, 0.05) is 24.9 Å². The first-order chi connectivity index (χ1) is 16.6. The van der Waals surface area contributed by atoms with Crippen LogP contribution in [0.1, 0.15) is 100 Å². The van der Waals surface area contributed by atoms with E-state index in [9.17, 15) is 4.79 Å². The van der Waals surface area contributed by atoms with Crippen molar-refractivity contribution in [1.29, 1.82) is 0 Å². The summed E-state index contributed by atoms with van der Waals surface area (Å²) in [5.41, 5.74) is 5.56. The molecule has 35 heavy (non-hydrogen) atoms. The van der Waals surface area contributed by atoms with Crippen molar-refractivity contribution in [3.05, 3.63) is 59.7 Å². The second kappa shape index (κ2) is 12.7. The monoisotopic (exact) mass is 480 g/mol. The minimum Gasteiger partial charge on any atom is -0.339 e. The molecule has 1 aliphatic heterocycles. The summed E-state index contributed by atoms with van der Waals surface area (Å²) >= 11 is 0. The molecule has 2 aromatic carbocycles. The lowest BCUT2D eigenvalue weighted by Gasteiger charge is -2.56. The van der Waals surface area contributed by atoms with E-state index >= 15 is 0 Å². The van der Waals surface area contributed by atoms with Gasteiger partial charge in [0.2, 0.25) is 5.91 Å². The van der Waals surface area contributed by atoms with E-state index in [1.54, 1.807) is 6.92 Å². The summed E-state index contributed by atoms with van der Waals surface area (Å²) < 4.78 is 0. The van der Waals surface area contributed by atoms with Crippen molar-refractivity contribution in [3.63, 3.8) is 0 Å². The molecular weight excluding hydrogens is 428 g/mol. The highest BCUT2D eigenvalue weighted by Crippen LogP contribution is 2.54. The summed E-state index contributed by atoms with van der Waals surface area (Å²) in [5.74, 6) is 0.121.